The van der Waals surface area contributed by atoms with E-state index in [1.807, 2.05) is 28.8 Å². The van der Waals surface area contributed by atoms with Crippen molar-refractivity contribution in [1.29, 1.82) is 0 Å². The van der Waals surface area contributed by atoms with Gasteiger partial charge in [0, 0.05) is 5.69 Å². The van der Waals surface area contributed by atoms with Crippen LogP contribution in [0.3, 0.4) is 0 Å². The van der Waals surface area contributed by atoms with Crippen LogP contribution >= 0.6 is 12.2 Å². The van der Waals surface area contributed by atoms with E-state index in [1.54, 1.807) is 24.3 Å². The summed E-state index contributed by atoms with van der Waals surface area (Å²) in [5.74, 6) is -0.930. The fourth-order valence-electron chi connectivity index (χ4n) is 2.16. The number of imidazole rings is 1. The molecule has 3 aromatic rings. The number of aromatic nitrogens is 2. The molecule has 1 aromatic heterocycles. The number of carboxylic acid groups (broad SMARTS) is 1. The molecule has 0 saturated carbocycles. The Labute approximate surface area is 125 Å². The Balaban J connectivity index is 1.82. The number of nitrogens with zero attached hydrogens (tertiary/aromatic N) is 1. The van der Waals surface area contributed by atoms with Crippen LogP contribution in [0, 0.1) is 4.77 Å². The van der Waals surface area contributed by atoms with Crippen molar-refractivity contribution in [3.63, 3.8) is 0 Å². The number of carbonyl (C=O) groups is 1. The summed E-state index contributed by atoms with van der Waals surface area (Å²) in [5, 5.41) is 12.1. The summed E-state index contributed by atoms with van der Waals surface area (Å²) < 4.78 is 2.60. The maximum absolute atomic E-state index is 10.8. The van der Waals surface area contributed by atoms with Gasteiger partial charge in [-0.3, -0.25) is 4.57 Å². The number of hydrogen-bond donors (Lipinski definition) is 3. The zero-order valence-corrected chi connectivity index (χ0v) is 11.9. The second-order valence-corrected chi connectivity index (χ2v) is 4.98. The van der Waals surface area contributed by atoms with Crippen molar-refractivity contribution in [1.82, 2.24) is 9.55 Å². The minimum atomic E-state index is -0.930. The molecule has 21 heavy (non-hydrogen) atoms. The van der Waals surface area contributed by atoms with Gasteiger partial charge in [0.25, 0.3) is 0 Å². The molecule has 5 nitrogen and oxygen atoms in total. The Bertz CT molecular complexity index is 849. The smallest absolute Gasteiger partial charge is 0.335 e. The summed E-state index contributed by atoms with van der Waals surface area (Å²) in [7, 11) is 0. The Morgan fingerprint density at radius 1 is 1.19 bits per heavy atom. The Morgan fingerprint density at radius 3 is 2.62 bits per heavy atom. The molecule has 2 aromatic carbocycles. The number of anilines is 1. The quantitative estimate of drug-likeness (QED) is 0.645. The van der Waals surface area contributed by atoms with Crippen molar-refractivity contribution in [2.75, 3.05) is 5.32 Å². The van der Waals surface area contributed by atoms with E-state index in [4.69, 9.17) is 17.3 Å². The molecule has 0 aliphatic carbocycles. The molecule has 0 unspecified atom stereocenters. The molecule has 0 atom stereocenters. The van der Waals surface area contributed by atoms with E-state index in [2.05, 4.69) is 10.3 Å². The lowest BCUT2D eigenvalue weighted by molar-refractivity contribution is 0.0697. The monoisotopic (exact) mass is 299 g/mol. The average molecular weight is 299 g/mol. The summed E-state index contributed by atoms with van der Waals surface area (Å²) >= 11 is 5.31. The van der Waals surface area contributed by atoms with Crippen molar-refractivity contribution in [3.05, 3.63) is 58.9 Å². The van der Waals surface area contributed by atoms with Gasteiger partial charge < -0.3 is 15.4 Å². The van der Waals surface area contributed by atoms with E-state index >= 15 is 0 Å². The standard InChI is InChI=1S/C15H13N3O2S/c19-14(20)10-5-7-11(8-6-10)16-9-18-13-4-2-1-3-12(13)17-15(18)21/h1-8,16H,9H2,(H,17,21)(H,19,20). The highest BCUT2D eigenvalue weighted by Gasteiger charge is 2.04. The third-order valence-corrected chi connectivity index (χ3v) is 3.58. The van der Waals surface area contributed by atoms with Crippen molar-refractivity contribution >= 4 is 34.9 Å². The first-order chi connectivity index (χ1) is 10.1. The number of hydrogen-bond acceptors (Lipinski definition) is 3. The topological polar surface area (TPSA) is 70.0 Å². The van der Waals surface area contributed by atoms with E-state index < -0.39 is 5.97 Å². The zero-order chi connectivity index (χ0) is 14.8. The summed E-state index contributed by atoms with van der Waals surface area (Å²) in [4.78, 5) is 14.0. The molecule has 3 N–H and O–H groups in total. The van der Waals surface area contributed by atoms with Crippen LogP contribution in [-0.4, -0.2) is 20.6 Å². The molecule has 0 aliphatic rings. The number of benzene rings is 2. The van der Waals surface area contributed by atoms with E-state index in [9.17, 15) is 4.79 Å². The summed E-state index contributed by atoms with van der Waals surface area (Å²) in [5.41, 5.74) is 3.12. The maximum atomic E-state index is 10.8. The van der Waals surface area contributed by atoms with Crippen molar-refractivity contribution in [2.45, 2.75) is 6.67 Å². The zero-order valence-electron chi connectivity index (χ0n) is 11.0. The van der Waals surface area contributed by atoms with Crippen LogP contribution in [-0.2, 0) is 6.67 Å². The van der Waals surface area contributed by atoms with Crippen molar-refractivity contribution in [2.24, 2.45) is 0 Å². The normalized spacial score (nSPS) is 10.7. The molecule has 0 saturated heterocycles. The average Bonchev–Trinajstić information content (AvgIpc) is 2.81. The molecule has 0 radical (unpaired) electrons. The van der Waals surface area contributed by atoms with E-state index in [-0.39, 0.29) is 5.56 Å². The minimum Gasteiger partial charge on any atom is -0.478 e. The lowest BCUT2D eigenvalue weighted by Crippen LogP contribution is -2.08. The SMILES string of the molecule is O=C(O)c1ccc(NCn2c(=S)[nH]c3ccccc32)cc1. The highest BCUT2D eigenvalue weighted by Crippen LogP contribution is 2.15. The number of para-hydroxylation sites is 2. The molecule has 0 spiro atoms. The van der Waals surface area contributed by atoms with Crippen LogP contribution in [0.4, 0.5) is 5.69 Å². The van der Waals surface area contributed by atoms with Gasteiger partial charge in [-0.25, -0.2) is 4.79 Å². The number of nitrogens with one attached hydrogen (secondary N) is 2. The fraction of sp³-hybridized carbons (Fsp3) is 0.0667. The molecular weight excluding hydrogens is 286 g/mol. The lowest BCUT2D eigenvalue weighted by atomic mass is 10.2. The summed E-state index contributed by atoms with van der Waals surface area (Å²) in [6.45, 7) is 0.509. The van der Waals surface area contributed by atoms with Crippen LogP contribution in [0.25, 0.3) is 11.0 Å². The van der Waals surface area contributed by atoms with Gasteiger partial charge in [-0.1, -0.05) is 12.1 Å². The predicted molar refractivity (Wildman–Crippen MR) is 84.1 cm³/mol. The van der Waals surface area contributed by atoms with Gasteiger partial charge in [-0.15, -0.1) is 0 Å². The molecule has 0 aliphatic heterocycles. The highest BCUT2D eigenvalue weighted by molar-refractivity contribution is 7.71. The van der Waals surface area contributed by atoms with Crippen LogP contribution in [0.15, 0.2) is 48.5 Å². The van der Waals surface area contributed by atoms with Crippen LogP contribution in [0.5, 0.6) is 0 Å². The van der Waals surface area contributed by atoms with Crippen LogP contribution in [0.2, 0.25) is 0 Å². The van der Waals surface area contributed by atoms with Crippen molar-refractivity contribution in [3.8, 4) is 0 Å². The third-order valence-electron chi connectivity index (χ3n) is 3.25. The van der Waals surface area contributed by atoms with E-state index in [0.29, 0.717) is 11.4 Å². The van der Waals surface area contributed by atoms with Gasteiger partial charge in [0.05, 0.1) is 23.3 Å². The number of rotatable bonds is 4. The van der Waals surface area contributed by atoms with Crippen LogP contribution in [0.1, 0.15) is 10.4 Å². The molecule has 3 rings (SSSR count). The van der Waals surface area contributed by atoms with E-state index in [0.717, 1.165) is 16.7 Å². The number of fused-ring (bicyclic) bond motifs is 1. The first-order valence-electron chi connectivity index (χ1n) is 6.40. The minimum absolute atomic E-state index is 0.268. The summed E-state index contributed by atoms with van der Waals surface area (Å²) in [6, 6.07) is 14.5. The number of H-pyrrole nitrogens is 1. The second-order valence-electron chi connectivity index (χ2n) is 4.59. The molecule has 106 valence electrons. The van der Waals surface area contributed by atoms with Gasteiger partial charge in [0.15, 0.2) is 4.77 Å². The first kappa shape index (κ1) is 13.4. The lowest BCUT2D eigenvalue weighted by Gasteiger charge is -2.08. The number of aromatic amines is 1. The van der Waals surface area contributed by atoms with Gasteiger partial charge >= 0.3 is 5.97 Å². The second kappa shape index (κ2) is 5.41. The number of aromatic carboxylic acids is 1. The maximum Gasteiger partial charge on any atom is 0.335 e. The Hall–Kier alpha value is -2.60. The first-order valence-corrected chi connectivity index (χ1v) is 6.81. The molecule has 0 bridgehead atoms. The number of carboxylic acids is 1. The van der Waals surface area contributed by atoms with Gasteiger partial charge in [0.2, 0.25) is 0 Å². The van der Waals surface area contributed by atoms with Gasteiger partial charge in [-0.2, -0.15) is 0 Å². The Kier molecular flexibility index (Phi) is 3.45. The van der Waals surface area contributed by atoms with E-state index in [1.165, 1.54) is 0 Å². The summed E-state index contributed by atoms with van der Waals surface area (Å²) in [6.07, 6.45) is 0. The Morgan fingerprint density at radius 2 is 1.90 bits per heavy atom. The fourth-order valence-corrected chi connectivity index (χ4v) is 2.44. The molecule has 1 heterocycles. The predicted octanol–water partition coefficient (Wildman–Crippen LogP) is 3.47. The highest BCUT2D eigenvalue weighted by atomic mass is 32.1. The van der Waals surface area contributed by atoms with Gasteiger partial charge in [-0.05, 0) is 48.6 Å². The van der Waals surface area contributed by atoms with Crippen LogP contribution < -0.4 is 5.32 Å². The molecule has 6 heteroatoms. The molecule has 0 amide bonds. The van der Waals surface area contributed by atoms with Crippen molar-refractivity contribution < 1.29 is 9.90 Å². The third kappa shape index (κ3) is 2.66. The molecular formula is C15H13N3O2S. The largest absolute Gasteiger partial charge is 0.478 e. The van der Waals surface area contributed by atoms with Gasteiger partial charge in [0.1, 0.15) is 0 Å². The molecule has 0 fully saturated rings.